The summed E-state index contributed by atoms with van der Waals surface area (Å²) in [6.07, 6.45) is 7.66. The van der Waals surface area contributed by atoms with Crippen molar-refractivity contribution in [2.24, 2.45) is 0 Å². The van der Waals surface area contributed by atoms with Crippen LogP contribution in [-0.4, -0.2) is 14.8 Å². The molecule has 25 heavy (non-hydrogen) atoms. The Hall–Kier alpha value is -0.940. The average Bonchev–Trinajstić information content (AvgIpc) is 3.10. The van der Waals surface area contributed by atoms with Crippen LogP contribution in [0.5, 0.6) is 0 Å². The lowest BCUT2D eigenvalue weighted by Gasteiger charge is -2.19. The zero-order valence-corrected chi connectivity index (χ0v) is 17.3. The van der Waals surface area contributed by atoms with Gasteiger partial charge in [-0.05, 0) is 42.7 Å². The maximum Gasteiger partial charge on any atom is 0.0946 e. The van der Waals surface area contributed by atoms with E-state index in [-0.39, 0.29) is 0 Å². The fourth-order valence-electron chi connectivity index (χ4n) is 2.56. The van der Waals surface area contributed by atoms with Crippen LogP contribution in [0, 0.1) is 0 Å². The number of thioether (sulfide) groups is 1. The van der Waals surface area contributed by atoms with Gasteiger partial charge in [-0.15, -0.1) is 11.8 Å². The Morgan fingerprint density at radius 2 is 1.80 bits per heavy atom. The highest BCUT2D eigenvalue weighted by Gasteiger charge is 2.16. The number of imidazole rings is 1. The summed E-state index contributed by atoms with van der Waals surface area (Å²) in [5, 5.41) is 1.75. The fourth-order valence-corrected chi connectivity index (χ4v) is 4.66. The lowest BCUT2D eigenvalue weighted by molar-refractivity contribution is 0.624. The summed E-state index contributed by atoms with van der Waals surface area (Å²) in [4.78, 5) is 5.09. The molecule has 0 aliphatic carbocycles. The molecule has 1 aromatic heterocycles. The number of aromatic nitrogens is 2. The second-order valence-electron chi connectivity index (χ2n) is 5.72. The van der Waals surface area contributed by atoms with Crippen molar-refractivity contribution in [3.05, 3.63) is 81.3 Å². The predicted molar refractivity (Wildman–Crippen MR) is 111 cm³/mol. The second kappa shape index (κ2) is 9.13. The minimum absolute atomic E-state index is 0.343. The lowest BCUT2D eigenvalue weighted by atomic mass is 10.1. The molecule has 0 bridgehead atoms. The molecule has 0 N–H and O–H groups in total. The van der Waals surface area contributed by atoms with Crippen molar-refractivity contribution in [3.8, 4) is 0 Å². The van der Waals surface area contributed by atoms with Gasteiger partial charge in [-0.2, -0.15) is 0 Å². The molecule has 1 atom stereocenters. The molecule has 0 spiro atoms. The number of nitrogens with zero attached hydrogens (tertiary/aromatic N) is 2. The van der Waals surface area contributed by atoms with Crippen LogP contribution in [0.15, 0.2) is 70.6 Å². The van der Waals surface area contributed by atoms with Gasteiger partial charge in [-0.1, -0.05) is 57.3 Å². The second-order valence-corrected chi connectivity index (χ2v) is 8.76. The van der Waals surface area contributed by atoms with E-state index in [4.69, 9.17) is 23.2 Å². The normalized spacial score (nSPS) is 12.3. The molecule has 2 aromatic carbocycles. The molecular formula is C19H17BrCl2N2S. The van der Waals surface area contributed by atoms with Gasteiger partial charge in [0.25, 0.3) is 0 Å². The first-order valence-electron chi connectivity index (χ1n) is 7.92. The molecule has 0 radical (unpaired) electrons. The van der Waals surface area contributed by atoms with E-state index in [1.807, 2.05) is 30.7 Å². The Bertz CT molecular complexity index is 787. The van der Waals surface area contributed by atoms with E-state index in [0.29, 0.717) is 15.3 Å². The van der Waals surface area contributed by atoms with E-state index in [1.54, 1.807) is 18.0 Å². The predicted octanol–water partition coefficient (Wildman–Crippen LogP) is 6.75. The largest absolute Gasteiger partial charge is 0.336 e. The number of aryl methyl sites for hydroxylation is 1. The van der Waals surface area contributed by atoms with E-state index >= 15 is 0 Å². The van der Waals surface area contributed by atoms with Crippen molar-refractivity contribution < 1.29 is 0 Å². The molecule has 0 saturated carbocycles. The van der Waals surface area contributed by atoms with E-state index in [2.05, 4.69) is 49.7 Å². The summed E-state index contributed by atoms with van der Waals surface area (Å²) >= 11 is 17.9. The van der Waals surface area contributed by atoms with Crippen LogP contribution in [0.2, 0.25) is 10.0 Å². The molecule has 1 heterocycles. The molecule has 0 saturated heterocycles. The zero-order chi connectivity index (χ0) is 17.6. The molecule has 1 unspecified atom stereocenters. The summed E-state index contributed by atoms with van der Waals surface area (Å²) in [7, 11) is 0. The van der Waals surface area contributed by atoms with Crippen LogP contribution < -0.4 is 0 Å². The van der Waals surface area contributed by atoms with Crippen LogP contribution >= 0.6 is 50.9 Å². The minimum atomic E-state index is 0.343. The Morgan fingerprint density at radius 1 is 1.08 bits per heavy atom. The van der Waals surface area contributed by atoms with Gasteiger partial charge >= 0.3 is 0 Å². The minimum Gasteiger partial charge on any atom is -0.336 e. The van der Waals surface area contributed by atoms with Crippen LogP contribution in [0.4, 0.5) is 0 Å². The SMILES string of the molecule is Clc1cccc(Cl)c1SC(CCc1ccc(Br)cc1)Cn1ccnc1. The summed E-state index contributed by atoms with van der Waals surface area (Å²) in [5.41, 5.74) is 1.32. The monoisotopic (exact) mass is 454 g/mol. The van der Waals surface area contributed by atoms with Crippen molar-refractivity contribution in [1.82, 2.24) is 9.55 Å². The Balaban J connectivity index is 1.73. The molecular weight excluding hydrogens is 439 g/mol. The summed E-state index contributed by atoms with van der Waals surface area (Å²) < 4.78 is 3.20. The van der Waals surface area contributed by atoms with Crippen molar-refractivity contribution in [3.63, 3.8) is 0 Å². The summed E-state index contributed by atoms with van der Waals surface area (Å²) in [6.45, 7) is 0.864. The van der Waals surface area contributed by atoms with Crippen LogP contribution in [0.25, 0.3) is 0 Å². The molecule has 0 aliphatic heterocycles. The van der Waals surface area contributed by atoms with E-state index in [0.717, 1.165) is 28.8 Å². The van der Waals surface area contributed by atoms with Crippen molar-refractivity contribution in [2.45, 2.75) is 29.5 Å². The first-order valence-corrected chi connectivity index (χ1v) is 10.4. The van der Waals surface area contributed by atoms with Crippen LogP contribution in [0.1, 0.15) is 12.0 Å². The highest BCUT2D eigenvalue weighted by Crippen LogP contribution is 2.38. The molecule has 2 nitrogen and oxygen atoms in total. The highest BCUT2D eigenvalue weighted by molar-refractivity contribution is 9.10. The van der Waals surface area contributed by atoms with Crippen LogP contribution in [0.3, 0.4) is 0 Å². The van der Waals surface area contributed by atoms with Gasteiger partial charge in [-0.25, -0.2) is 4.98 Å². The van der Waals surface area contributed by atoms with Gasteiger partial charge in [0.2, 0.25) is 0 Å². The highest BCUT2D eigenvalue weighted by atomic mass is 79.9. The van der Waals surface area contributed by atoms with E-state index in [1.165, 1.54) is 5.56 Å². The van der Waals surface area contributed by atoms with Crippen LogP contribution in [-0.2, 0) is 13.0 Å². The van der Waals surface area contributed by atoms with Gasteiger partial charge in [0.15, 0.2) is 0 Å². The van der Waals surface area contributed by atoms with Crippen molar-refractivity contribution >= 4 is 50.9 Å². The Morgan fingerprint density at radius 3 is 2.44 bits per heavy atom. The van der Waals surface area contributed by atoms with Gasteiger partial charge in [0.1, 0.15) is 0 Å². The van der Waals surface area contributed by atoms with E-state index < -0.39 is 0 Å². The van der Waals surface area contributed by atoms with Gasteiger partial charge in [0.05, 0.1) is 16.4 Å². The van der Waals surface area contributed by atoms with Crippen molar-refractivity contribution in [1.29, 1.82) is 0 Å². The zero-order valence-electron chi connectivity index (χ0n) is 13.4. The molecule has 0 aliphatic rings. The molecule has 130 valence electrons. The van der Waals surface area contributed by atoms with E-state index in [9.17, 15) is 0 Å². The number of hydrogen-bond donors (Lipinski definition) is 0. The Labute approximate surface area is 170 Å². The lowest BCUT2D eigenvalue weighted by Crippen LogP contribution is -2.13. The third kappa shape index (κ3) is 5.52. The first kappa shape index (κ1) is 18.8. The van der Waals surface area contributed by atoms with Gasteiger partial charge in [-0.3, -0.25) is 0 Å². The van der Waals surface area contributed by atoms with Crippen molar-refractivity contribution in [2.75, 3.05) is 0 Å². The number of rotatable bonds is 7. The fraction of sp³-hybridized carbons (Fsp3) is 0.211. The summed E-state index contributed by atoms with van der Waals surface area (Å²) in [6, 6.07) is 14.1. The third-order valence-corrected chi connectivity index (χ3v) is 6.62. The molecule has 0 fully saturated rings. The first-order chi connectivity index (χ1) is 12.1. The topological polar surface area (TPSA) is 17.8 Å². The molecule has 6 heteroatoms. The van der Waals surface area contributed by atoms with Gasteiger partial charge in [0, 0.05) is 33.6 Å². The number of halogens is 3. The molecule has 0 amide bonds. The smallest absolute Gasteiger partial charge is 0.0946 e. The maximum atomic E-state index is 6.36. The standard InChI is InChI=1S/C19H17BrCl2N2S/c20-15-7-4-14(5-8-15)6-9-16(12-24-11-10-23-13-24)25-19-17(21)2-1-3-18(19)22/h1-5,7-8,10-11,13,16H,6,9,12H2. The maximum absolute atomic E-state index is 6.36. The quantitative estimate of drug-likeness (QED) is 0.367. The Kier molecular flexibility index (Phi) is 6.88. The third-order valence-electron chi connectivity index (χ3n) is 3.85. The molecule has 3 aromatic rings. The number of benzene rings is 2. The number of hydrogen-bond acceptors (Lipinski definition) is 2. The average molecular weight is 456 g/mol. The van der Waals surface area contributed by atoms with Gasteiger partial charge < -0.3 is 4.57 Å². The summed E-state index contributed by atoms with van der Waals surface area (Å²) in [5.74, 6) is 0. The molecule has 3 rings (SSSR count).